The Morgan fingerprint density at radius 3 is 3.05 bits per heavy atom. The summed E-state index contributed by atoms with van der Waals surface area (Å²) in [4.78, 5) is 18.6. The third-order valence-corrected chi connectivity index (χ3v) is 4.55. The monoisotopic (exact) mass is 272 g/mol. The molecular formula is C15H16N2OS. The van der Waals surface area contributed by atoms with Crippen LogP contribution in [0.4, 0.5) is 5.13 Å². The molecule has 2 aromatic rings. The molecule has 0 saturated carbocycles. The summed E-state index contributed by atoms with van der Waals surface area (Å²) in [5, 5.41) is 2.67. The van der Waals surface area contributed by atoms with Gasteiger partial charge in [0.05, 0.1) is 5.92 Å². The van der Waals surface area contributed by atoms with Crippen LogP contribution in [0.2, 0.25) is 0 Å². The summed E-state index contributed by atoms with van der Waals surface area (Å²) in [6, 6.07) is 8.30. The van der Waals surface area contributed by atoms with Crippen molar-refractivity contribution in [3.05, 3.63) is 47.0 Å². The van der Waals surface area contributed by atoms with E-state index >= 15 is 0 Å². The first-order valence-corrected chi connectivity index (χ1v) is 7.40. The lowest BCUT2D eigenvalue weighted by Crippen LogP contribution is -2.33. The van der Waals surface area contributed by atoms with Gasteiger partial charge in [-0.05, 0) is 30.4 Å². The standard InChI is InChI=1S/C15H16N2OS/c1-17(15-16-9-10-19-15)14(18)13-8-4-6-11-5-2-3-7-12(11)13/h2-3,5,7,9-10,13H,4,6,8H2,1H3/t13-/m0/s1. The highest BCUT2D eigenvalue weighted by Crippen LogP contribution is 2.33. The molecule has 1 aliphatic rings. The number of fused-ring (bicyclic) bond motifs is 1. The zero-order chi connectivity index (χ0) is 13.2. The van der Waals surface area contributed by atoms with E-state index in [1.54, 1.807) is 11.1 Å². The van der Waals surface area contributed by atoms with E-state index in [1.807, 2.05) is 18.5 Å². The second-order valence-electron chi connectivity index (χ2n) is 4.86. The molecule has 19 heavy (non-hydrogen) atoms. The number of nitrogens with zero attached hydrogens (tertiary/aromatic N) is 2. The number of benzene rings is 1. The maximum Gasteiger partial charge on any atom is 0.236 e. The average molecular weight is 272 g/mol. The topological polar surface area (TPSA) is 33.2 Å². The number of hydrogen-bond acceptors (Lipinski definition) is 3. The molecule has 0 fully saturated rings. The van der Waals surface area contributed by atoms with Crippen LogP contribution in [-0.2, 0) is 11.2 Å². The molecule has 1 aliphatic carbocycles. The highest BCUT2D eigenvalue weighted by molar-refractivity contribution is 7.13. The van der Waals surface area contributed by atoms with E-state index in [9.17, 15) is 4.79 Å². The van der Waals surface area contributed by atoms with E-state index in [2.05, 4.69) is 23.2 Å². The van der Waals surface area contributed by atoms with Crippen LogP contribution in [0.25, 0.3) is 0 Å². The zero-order valence-corrected chi connectivity index (χ0v) is 11.7. The number of amides is 1. The molecule has 1 aromatic heterocycles. The SMILES string of the molecule is CN(C(=O)[C@H]1CCCc2ccccc21)c1nccs1. The molecule has 3 nitrogen and oxygen atoms in total. The number of aromatic nitrogens is 1. The van der Waals surface area contributed by atoms with Crippen LogP contribution < -0.4 is 4.90 Å². The van der Waals surface area contributed by atoms with Crippen LogP contribution in [0.5, 0.6) is 0 Å². The van der Waals surface area contributed by atoms with Crippen molar-refractivity contribution in [1.29, 1.82) is 0 Å². The summed E-state index contributed by atoms with van der Waals surface area (Å²) in [5.41, 5.74) is 2.52. The average Bonchev–Trinajstić information content (AvgIpc) is 2.99. The highest BCUT2D eigenvalue weighted by Gasteiger charge is 2.29. The lowest BCUT2D eigenvalue weighted by atomic mass is 9.82. The van der Waals surface area contributed by atoms with Gasteiger partial charge in [0, 0.05) is 18.6 Å². The Morgan fingerprint density at radius 2 is 2.26 bits per heavy atom. The maximum absolute atomic E-state index is 12.7. The van der Waals surface area contributed by atoms with E-state index in [0.29, 0.717) is 0 Å². The molecule has 1 atom stereocenters. The molecule has 0 unspecified atom stereocenters. The van der Waals surface area contributed by atoms with Crippen molar-refractivity contribution in [1.82, 2.24) is 4.98 Å². The maximum atomic E-state index is 12.7. The van der Waals surface area contributed by atoms with E-state index in [-0.39, 0.29) is 11.8 Å². The van der Waals surface area contributed by atoms with Crippen molar-refractivity contribution in [2.45, 2.75) is 25.2 Å². The molecular weight excluding hydrogens is 256 g/mol. The fourth-order valence-electron chi connectivity index (χ4n) is 2.72. The van der Waals surface area contributed by atoms with Crippen LogP contribution in [0.15, 0.2) is 35.8 Å². The van der Waals surface area contributed by atoms with E-state index < -0.39 is 0 Å². The Bertz CT molecular complexity index is 580. The largest absolute Gasteiger partial charge is 0.291 e. The Hall–Kier alpha value is -1.68. The second-order valence-corrected chi connectivity index (χ2v) is 5.73. The molecule has 0 radical (unpaired) electrons. The minimum atomic E-state index is -0.0150. The minimum Gasteiger partial charge on any atom is -0.291 e. The summed E-state index contributed by atoms with van der Waals surface area (Å²) in [6.07, 6.45) is 4.84. The molecule has 3 rings (SSSR count). The molecule has 0 aliphatic heterocycles. The smallest absolute Gasteiger partial charge is 0.236 e. The van der Waals surface area contributed by atoms with Crippen LogP contribution >= 0.6 is 11.3 Å². The van der Waals surface area contributed by atoms with E-state index in [0.717, 1.165) is 24.4 Å². The number of hydrogen-bond donors (Lipinski definition) is 0. The summed E-state index contributed by atoms with van der Waals surface area (Å²) in [6.45, 7) is 0. The van der Waals surface area contributed by atoms with Crippen LogP contribution in [0.1, 0.15) is 29.9 Å². The molecule has 1 amide bonds. The van der Waals surface area contributed by atoms with Gasteiger partial charge < -0.3 is 0 Å². The fourth-order valence-corrected chi connectivity index (χ4v) is 3.33. The highest BCUT2D eigenvalue weighted by atomic mass is 32.1. The molecule has 4 heteroatoms. The molecule has 0 N–H and O–H groups in total. The van der Waals surface area contributed by atoms with Gasteiger partial charge in [0.2, 0.25) is 5.91 Å². The lowest BCUT2D eigenvalue weighted by molar-refractivity contribution is -0.120. The van der Waals surface area contributed by atoms with Gasteiger partial charge in [-0.1, -0.05) is 24.3 Å². The van der Waals surface area contributed by atoms with Gasteiger partial charge in [0.1, 0.15) is 0 Å². The van der Waals surface area contributed by atoms with Gasteiger partial charge in [-0.2, -0.15) is 0 Å². The molecule has 1 heterocycles. The van der Waals surface area contributed by atoms with Crippen LogP contribution in [0, 0.1) is 0 Å². The van der Waals surface area contributed by atoms with Gasteiger partial charge >= 0.3 is 0 Å². The molecule has 1 aromatic carbocycles. The molecule has 0 saturated heterocycles. The minimum absolute atomic E-state index is 0.0150. The second kappa shape index (κ2) is 5.13. The summed E-state index contributed by atoms with van der Waals surface area (Å²) < 4.78 is 0. The molecule has 0 bridgehead atoms. The van der Waals surface area contributed by atoms with Gasteiger partial charge in [-0.25, -0.2) is 4.98 Å². The first-order chi connectivity index (χ1) is 9.27. The number of thiazole rings is 1. The van der Waals surface area contributed by atoms with Crippen molar-refractivity contribution in [2.24, 2.45) is 0 Å². The van der Waals surface area contributed by atoms with Crippen LogP contribution in [0.3, 0.4) is 0 Å². The van der Waals surface area contributed by atoms with Gasteiger partial charge in [0.15, 0.2) is 5.13 Å². The Kier molecular flexibility index (Phi) is 3.34. The Labute approximate surface area is 116 Å². The molecule has 0 spiro atoms. The quantitative estimate of drug-likeness (QED) is 0.841. The van der Waals surface area contributed by atoms with Gasteiger partial charge in [0.25, 0.3) is 0 Å². The van der Waals surface area contributed by atoms with Gasteiger partial charge in [-0.15, -0.1) is 11.3 Å². The van der Waals surface area contributed by atoms with Crippen molar-refractivity contribution in [3.63, 3.8) is 0 Å². The zero-order valence-electron chi connectivity index (χ0n) is 10.9. The number of likely N-dealkylation sites (N-methyl/N-ethyl adjacent to an activating group) is 1. The van der Waals surface area contributed by atoms with E-state index in [1.165, 1.54) is 22.5 Å². The number of anilines is 1. The Balaban J connectivity index is 1.89. The number of rotatable bonds is 2. The van der Waals surface area contributed by atoms with Crippen molar-refractivity contribution >= 4 is 22.4 Å². The predicted octanol–water partition coefficient (Wildman–Crippen LogP) is 3.23. The van der Waals surface area contributed by atoms with Crippen molar-refractivity contribution < 1.29 is 4.79 Å². The summed E-state index contributed by atoms with van der Waals surface area (Å²) >= 11 is 1.50. The van der Waals surface area contributed by atoms with Gasteiger partial charge in [-0.3, -0.25) is 9.69 Å². The third-order valence-electron chi connectivity index (χ3n) is 3.70. The number of aryl methyl sites for hydroxylation is 1. The molecule has 98 valence electrons. The first kappa shape index (κ1) is 12.4. The summed E-state index contributed by atoms with van der Waals surface area (Å²) in [7, 11) is 1.82. The summed E-state index contributed by atoms with van der Waals surface area (Å²) in [5.74, 6) is 0.140. The predicted molar refractivity (Wildman–Crippen MR) is 77.6 cm³/mol. The fraction of sp³-hybridized carbons (Fsp3) is 0.333. The van der Waals surface area contributed by atoms with Crippen LogP contribution in [-0.4, -0.2) is 17.9 Å². The normalized spacial score (nSPS) is 17.8. The Morgan fingerprint density at radius 1 is 1.42 bits per heavy atom. The number of carbonyl (C=O) groups excluding carboxylic acids is 1. The third kappa shape index (κ3) is 2.28. The van der Waals surface area contributed by atoms with Crippen molar-refractivity contribution in [2.75, 3.05) is 11.9 Å². The van der Waals surface area contributed by atoms with Crippen molar-refractivity contribution in [3.8, 4) is 0 Å². The number of carbonyl (C=O) groups is 1. The lowest BCUT2D eigenvalue weighted by Gasteiger charge is -2.27. The van der Waals surface area contributed by atoms with E-state index in [4.69, 9.17) is 0 Å². The first-order valence-electron chi connectivity index (χ1n) is 6.52.